The molecule has 0 fully saturated rings. The van der Waals surface area contributed by atoms with Crippen molar-refractivity contribution in [1.29, 1.82) is 0 Å². The van der Waals surface area contributed by atoms with Crippen LogP contribution in [0.4, 0.5) is 19.0 Å². The van der Waals surface area contributed by atoms with Gasteiger partial charge in [-0.15, -0.1) is 0 Å². The van der Waals surface area contributed by atoms with Crippen LogP contribution in [-0.4, -0.2) is 28.7 Å². The Kier molecular flexibility index (Phi) is 6.29. The molecule has 1 atom stereocenters. The van der Waals surface area contributed by atoms with Crippen LogP contribution in [0.1, 0.15) is 26.3 Å². The van der Waals surface area contributed by atoms with E-state index >= 15 is 0 Å². The first-order chi connectivity index (χ1) is 13.6. The predicted octanol–water partition coefficient (Wildman–Crippen LogP) is 6.19. The highest BCUT2D eigenvalue weighted by atomic mass is 35.5. The summed E-state index contributed by atoms with van der Waals surface area (Å²) in [5.74, 6) is 0.765. The van der Waals surface area contributed by atoms with Gasteiger partial charge < -0.3 is 10.1 Å². The molecule has 3 aromatic rings. The van der Waals surface area contributed by atoms with Gasteiger partial charge in [0.1, 0.15) is 5.82 Å². The number of rotatable bonds is 6. The second kappa shape index (κ2) is 8.55. The lowest BCUT2D eigenvalue weighted by Gasteiger charge is -2.19. The van der Waals surface area contributed by atoms with Crippen LogP contribution in [0.2, 0.25) is 5.02 Å². The minimum absolute atomic E-state index is 0.0698. The number of hydrogen-bond donors (Lipinski definition) is 1. The standard InChI is InChI=1S/C21H21ClF3N3O/c1-12(2)29-11-13(3)26-20-17-9-6-15(21(23,24)25)10-18(17)27-19(28-20)14-4-7-16(22)8-5-14/h4-10,12-13H,11H2,1-3H3,(H,26,27,28). The lowest BCUT2D eigenvalue weighted by molar-refractivity contribution is -0.137. The summed E-state index contributed by atoms with van der Waals surface area (Å²) in [6.45, 7) is 6.22. The van der Waals surface area contributed by atoms with Crippen molar-refractivity contribution in [3.8, 4) is 11.4 Å². The molecule has 1 unspecified atom stereocenters. The maximum Gasteiger partial charge on any atom is 0.416 e. The van der Waals surface area contributed by atoms with E-state index in [0.29, 0.717) is 34.2 Å². The fourth-order valence-electron chi connectivity index (χ4n) is 2.76. The number of ether oxygens (including phenoxy) is 1. The maximum absolute atomic E-state index is 13.2. The Morgan fingerprint density at radius 2 is 1.72 bits per heavy atom. The van der Waals surface area contributed by atoms with Crippen molar-refractivity contribution in [2.75, 3.05) is 11.9 Å². The fraction of sp³-hybridized carbons (Fsp3) is 0.333. The molecule has 0 amide bonds. The maximum atomic E-state index is 13.2. The molecule has 0 saturated carbocycles. The molecule has 0 spiro atoms. The van der Waals surface area contributed by atoms with E-state index in [4.69, 9.17) is 16.3 Å². The van der Waals surface area contributed by atoms with Crippen molar-refractivity contribution in [2.45, 2.75) is 39.1 Å². The molecule has 3 rings (SSSR count). The highest BCUT2D eigenvalue weighted by Gasteiger charge is 2.31. The van der Waals surface area contributed by atoms with E-state index in [1.807, 2.05) is 20.8 Å². The molecule has 0 saturated heterocycles. The lowest BCUT2D eigenvalue weighted by Crippen LogP contribution is -2.24. The number of alkyl halides is 3. The molecular weight excluding hydrogens is 403 g/mol. The second-order valence-corrected chi connectivity index (χ2v) is 7.50. The third-order valence-corrected chi connectivity index (χ3v) is 4.44. The molecule has 8 heteroatoms. The highest BCUT2D eigenvalue weighted by Crippen LogP contribution is 2.33. The number of fused-ring (bicyclic) bond motifs is 1. The summed E-state index contributed by atoms with van der Waals surface area (Å²) in [6, 6.07) is 10.2. The van der Waals surface area contributed by atoms with Crippen molar-refractivity contribution in [3.63, 3.8) is 0 Å². The monoisotopic (exact) mass is 423 g/mol. The Morgan fingerprint density at radius 3 is 2.34 bits per heavy atom. The van der Waals surface area contributed by atoms with Crippen molar-refractivity contribution >= 4 is 28.3 Å². The van der Waals surface area contributed by atoms with Gasteiger partial charge >= 0.3 is 6.18 Å². The molecule has 29 heavy (non-hydrogen) atoms. The van der Waals surface area contributed by atoms with E-state index < -0.39 is 11.7 Å². The fourth-order valence-corrected chi connectivity index (χ4v) is 2.88. The second-order valence-electron chi connectivity index (χ2n) is 7.06. The lowest BCUT2D eigenvalue weighted by atomic mass is 10.1. The summed E-state index contributed by atoms with van der Waals surface area (Å²) in [6.07, 6.45) is -4.38. The minimum Gasteiger partial charge on any atom is -0.377 e. The van der Waals surface area contributed by atoms with E-state index in [0.717, 1.165) is 12.1 Å². The number of nitrogens with one attached hydrogen (secondary N) is 1. The molecule has 1 aromatic heterocycles. The van der Waals surface area contributed by atoms with Gasteiger partial charge in [-0.2, -0.15) is 13.2 Å². The van der Waals surface area contributed by atoms with E-state index in [-0.39, 0.29) is 17.7 Å². The predicted molar refractivity (Wildman–Crippen MR) is 109 cm³/mol. The Balaban J connectivity index is 2.07. The van der Waals surface area contributed by atoms with E-state index in [2.05, 4.69) is 15.3 Å². The largest absolute Gasteiger partial charge is 0.416 e. The van der Waals surface area contributed by atoms with Gasteiger partial charge in [0.25, 0.3) is 0 Å². The Bertz CT molecular complexity index is 991. The van der Waals surface area contributed by atoms with E-state index in [9.17, 15) is 13.2 Å². The topological polar surface area (TPSA) is 47.0 Å². The normalized spacial score (nSPS) is 13.1. The molecule has 0 aliphatic carbocycles. The molecule has 1 N–H and O–H groups in total. The van der Waals surface area contributed by atoms with Gasteiger partial charge in [0.2, 0.25) is 0 Å². The Hall–Kier alpha value is -2.38. The van der Waals surface area contributed by atoms with Gasteiger partial charge in [-0.05, 0) is 63.2 Å². The van der Waals surface area contributed by atoms with Crippen LogP contribution in [0, 0.1) is 0 Å². The smallest absolute Gasteiger partial charge is 0.377 e. The quantitative estimate of drug-likeness (QED) is 0.513. The molecular formula is C21H21ClF3N3O. The average Bonchev–Trinajstić information content (AvgIpc) is 2.65. The van der Waals surface area contributed by atoms with Crippen LogP contribution in [0.15, 0.2) is 42.5 Å². The summed E-state index contributed by atoms with van der Waals surface area (Å²) in [7, 11) is 0. The number of anilines is 1. The number of hydrogen-bond acceptors (Lipinski definition) is 4. The van der Waals surface area contributed by atoms with Crippen molar-refractivity contribution < 1.29 is 17.9 Å². The zero-order valence-electron chi connectivity index (χ0n) is 16.2. The molecule has 0 radical (unpaired) electrons. The van der Waals surface area contributed by atoms with Gasteiger partial charge in [0.15, 0.2) is 5.82 Å². The van der Waals surface area contributed by atoms with Gasteiger partial charge in [0, 0.05) is 22.0 Å². The number of aromatic nitrogens is 2. The minimum atomic E-state index is -4.45. The van der Waals surface area contributed by atoms with Crippen molar-refractivity contribution in [2.24, 2.45) is 0 Å². The van der Waals surface area contributed by atoms with Crippen LogP contribution in [-0.2, 0) is 10.9 Å². The number of nitrogens with zero attached hydrogens (tertiary/aromatic N) is 2. The van der Waals surface area contributed by atoms with Crippen LogP contribution in [0.3, 0.4) is 0 Å². The SMILES string of the molecule is CC(COC(C)C)Nc1nc(-c2ccc(Cl)cc2)nc2cc(C(F)(F)F)ccc12. The number of benzene rings is 2. The van der Waals surface area contributed by atoms with Gasteiger partial charge in [-0.25, -0.2) is 9.97 Å². The molecule has 2 aromatic carbocycles. The third-order valence-electron chi connectivity index (χ3n) is 4.19. The van der Waals surface area contributed by atoms with Gasteiger partial charge in [0.05, 0.1) is 23.8 Å². The summed E-state index contributed by atoms with van der Waals surface area (Å²) in [4.78, 5) is 8.92. The number of halogens is 4. The van der Waals surface area contributed by atoms with Crippen molar-refractivity contribution in [1.82, 2.24) is 9.97 Å². The summed E-state index contributed by atoms with van der Waals surface area (Å²) in [5, 5.41) is 4.29. The summed E-state index contributed by atoms with van der Waals surface area (Å²) >= 11 is 5.93. The first-order valence-electron chi connectivity index (χ1n) is 9.16. The average molecular weight is 424 g/mol. The molecule has 1 heterocycles. The highest BCUT2D eigenvalue weighted by molar-refractivity contribution is 6.30. The molecule has 0 bridgehead atoms. The molecule has 154 valence electrons. The molecule has 4 nitrogen and oxygen atoms in total. The third kappa shape index (κ3) is 5.36. The van der Waals surface area contributed by atoms with Crippen LogP contribution in [0.25, 0.3) is 22.3 Å². The zero-order chi connectivity index (χ0) is 21.2. The Labute approximate surface area is 172 Å². The molecule has 0 aliphatic rings. The summed E-state index contributed by atoms with van der Waals surface area (Å²) in [5.41, 5.74) is 0.106. The van der Waals surface area contributed by atoms with Crippen LogP contribution < -0.4 is 5.32 Å². The van der Waals surface area contributed by atoms with Crippen LogP contribution in [0.5, 0.6) is 0 Å². The van der Waals surface area contributed by atoms with E-state index in [1.165, 1.54) is 6.07 Å². The van der Waals surface area contributed by atoms with Crippen LogP contribution >= 0.6 is 11.6 Å². The zero-order valence-corrected chi connectivity index (χ0v) is 17.0. The van der Waals surface area contributed by atoms with Gasteiger partial charge in [-0.3, -0.25) is 0 Å². The van der Waals surface area contributed by atoms with Gasteiger partial charge in [-0.1, -0.05) is 11.6 Å². The first-order valence-corrected chi connectivity index (χ1v) is 9.54. The Morgan fingerprint density at radius 1 is 1.03 bits per heavy atom. The summed E-state index contributed by atoms with van der Waals surface area (Å²) < 4.78 is 45.2. The van der Waals surface area contributed by atoms with Crippen molar-refractivity contribution in [3.05, 3.63) is 53.1 Å². The first kappa shape index (κ1) is 21.3. The van der Waals surface area contributed by atoms with E-state index in [1.54, 1.807) is 24.3 Å². The molecule has 0 aliphatic heterocycles.